The number of methoxy groups -OCH3 is 1. The molecule has 0 aliphatic rings. The molecule has 3 rings (SSSR count). The zero-order chi connectivity index (χ0) is 18.0. The van der Waals surface area contributed by atoms with Gasteiger partial charge in [0.2, 0.25) is 0 Å². The first-order valence-electron chi connectivity index (χ1n) is 7.97. The molecule has 0 spiro atoms. The van der Waals surface area contributed by atoms with Gasteiger partial charge >= 0.3 is 5.97 Å². The fourth-order valence-corrected chi connectivity index (χ4v) is 3.09. The Hall–Kier alpha value is -3.08. The first-order chi connectivity index (χ1) is 12.0. The van der Waals surface area contributed by atoms with E-state index in [9.17, 15) is 14.7 Å². The van der Waals surface area contributed by atoms with Crippen LogP contribution in [0.2, 0.25) is 0 Å². The summed E-state index contributed by atoms with van der Waals surface area (Å²) in [5.74, 6) is -0.261. The molecule has 1 aromatic heterocycles. The van der Waals surface area contributed by atoms with Crippen molar-refractivity contribution < 1.29 is 19.4 Å². The topological polar surface area (TPSA) is 68.5 Å². The minimum Gasteiger partial charge on any atom is -0.497 e. The maximum absolute atomic E-state index is 12.6. The number of hydrogen-bond donors (Lipinski definition) is 1. The van der Waals surface area contributed by atoms with Crippen LogP contribution in [0.25, 0.3) is 10.9 Å². The number of hydrogen-bond acceptors (Lipinski definition) is 3. The zero-order valence-electron chi connectivity index (χ0n) is 14.2. The van der Waals surface area contributed by atoms with Crippen LogP contribution in [-0.2, 0) is 17.8 Å². The minimum atomic E-state index is -0.903. The predicted molar refractivity (Wildman–Crippen MR) is 95.3 cm³/mol. The normalized spacial score (nSPS) is 10.8. The number of aromatic nitrogens is 1. The van der Waals surface area contributed by atoms with Crippen molar-refractivity contribution in [1.82, 2.24) is 4.57 Å². The van der Waals surface area contributed by atoms with Gasteiger partial charge in [-0.3, -0.25) is 9.59 Å². The van der Waals surface area contributed by atoms with E-state index in [0.29, 0.717) is 16.9 Å². The van der Waals surface area contributed by atoms with Crippen LogP contribution in [0.5, 0.6) is 5.75 Å². The molecule has 3 aromatic rings. The van der Waals surface area contributed by atoms with Gasteiger partial charge in [-0.2, -0.15) is 0 Å². The Labute approximate surface area is 145 Å². The van der Waals surface area contributed by atoms with Crippen LogP contribution in [0.3, 0.4) is 0 Å². The fraction of sp³-hybridized carbons (Fsp3) is 0.200. The van der Waals surface area contributed by atoms with Crippen LogP contribution in [0, 0.1) is 6.92 Å². The number of aliphatic carboxylic acids is 1. The average Bonchev–Trinajstić information content (AvgIpc) is 2.87. The smallest absolute Gasteiger partial charge is 0.307 e. The molecule has 128 valence electrons. The number of ketones is 1. The van der Waals surface area contributed by atoms with Crippen LogP contribution < -0.4 is 4.74 Å². The molecule has 1 N–H and O–H groups in total. The molecule has 0 bridgehead atoms. The third-order valence-corrected chi connectivity index (χ3v) is 4.39. The van der Waals surface area contributed by atoms with Crippen LogP contribution in [0.15, 0.2) is 48.5 Å². The number of rotatable bonds is 6. The summed E-state index contributed by atoms with van der Waals surface area (Å²) >= 11 is 0. The second kappa shape index (κ2) is 6.81. The van der Waals surface area contributed by atoms with Gasteiger partial charge in [-0.25, -0.2) is 0 Å². The number of carbonyl (C=O) groups is 2. The second-order valence-corrected chi connectivity index (χ2v) is 5.89. The number of fused-ring (bicyclic) bond motifs is 1. The molecule has 0 aliphatic carbocycles. The summed E-state index contributed by atoms with van der Waals surface area (Å²) in [6.07, 6.45) is -0.0952. The lowest BCUT2D eigenvalue weighted by atomic mass is 10.1. The summed E-state index contributed by atoms with van der Waals surface area (Å²) < 4.78 is 7.14. The van der Waals surface area contributed by atoms with Crippen molar-refractivity contribution in [2.24, 2.45) is 0 Å². The summed E-state index contributed by atoms with van der Waals surface area (Å²) in [5.41, 5.74) is 2.97. The SMILES string of the molecule is COc1ccc2c(c1)c(CC(=O)O)c(C)n2CC(=O)c1ccccc1. The van der Waals surface area contributed by atoms with E-state index in [-0.39, 0.29) is 18.7 Å². The van der Waals surface area contributed by atoms with Gasteiger partial charge in [-0.1, -0.05) is 30.3 Å². The Kier molecular flexibility index (Phi) is 4.57. The van der Waals surface area contributed by atoms with Crippen molar-refractivity contribution in [2.45, 2.75) is 19.9 Å². The van der Waals surface area contributed by atoms with E-state index in [1.165, 1.54) is 0 Å². The molecule has 0 aliphatic heterocycles. The van der Waals surface area contributed by atoms with Crippen LogP contribution >= 0.6 is 0 Å². The summed E-state index contributed by atoms with van der Waals surface area (Å²) in [5, 5.41) is 10.0. The molecule has 0 saturated heterocycles. The first-order valence-corrected chi connectivity index (χ1v) is 7.97. The second-order valence-electron chi connectivity index (χ2n) is 5.89. The van der Waals surface area contributed by atoms with E-state index in [1.807, 2.05) is 47.9 Å². The summed E-state index contributed by atoms with van der Waals surface area (Å²) in [6.45, 7) is 2.02. The predicted octanol–water partition coefficient (Wildman–Crippen LogP) is 3.47. The standard InChI is InChI=1S/C20H19NO4/c1-13-16(11-20(23)24)17-10-15(25-2)8-9-18(17)21(13)12-19(22)14-6-4-3-5-7-14/h3-10H,11-12H2,1-2H3,(H,23,24). The maximum Gasteiger partial charge on any atom is 0.307 e. The summed E-state index contributed by atoms with van der Waals surface area (Å²) in [7, 11) is 1.57. The molecule has 5 heteroatoms. The molecule has 0 atom stereocenters. The molecule has 0 radical (unpaired) electrons. The highest BCUT2D eigenvalue weighted by Crippen LogP contribution is 2.30. The van der Waals surface area contributed by atoms with Gasteiger partial charge in [0.15, 0.2) is 5.78 Å². The molecule has 5 nitrogen and oxygen atoms in total. The third-order valence-electron chi connectivity index (χ3n) is 4.39. The summed E-state index contributed by atoms with van der Waals surface area (Å²) in [4.78, 5) is 23.9. The molecular weight excluding hydrogens is 318 g/mol. The molecule has 0 fully saturated rings. The Balaban J connectivity index is 2.09. The fourth-order valence-electron chi connectivity index (χ4n) is 3.09. The average molecular weight is 337 g/mol. The van der Waals surface area contributed by atoms with Crippen molar-refractivity contribution >= 4 is 22.7 Å². The van der Waals surface area contributed by atoms with Crippen molar-refractivity contribution in [2.75, 3.05) is 7.11 Å². The van der Waals surface area contributed by atoms with Gasteiger partial charge in [0.25, 0.3) is 0 Å². The largest absolute Gasteiger partial charge is 0.497 e. The molecule has 1 heterocycles. The first kappa shape index (κ1) is 16.8. The van der Waals surface area contributed by atoms with Crippen molar-refractivity contribution in [3.8, 4) is 5.75 Å². The maximum atomic E-state index is 12.6. The van der Waals surface area contributed by atoms with Gasteiger partial charge < -0.3 is 14.4 Å². The Morgan fingerprint density at radius 3 is 2.48 bits per heavy atom. The number of carbonyl (C=O) groups excluding carboxylic acids is 1. The number of Topliss-reactive ketones (excluding diaryl/α,β-unsaturated/α-hetero) is 1. The lowest BCUT2D eigenvalue weighted by Gasteiger charge is -2.08. The van der Waals surface area contributed by atoms with Crippen molar-refractivity contribution in [1.29, 1.82) is 0 Å². The van der Waals surface area contributed by atoms with Gasteiger partial charge in [0.1, 0.15) is 5.75 Å². The van der Waals surface area contributed by atoms with E-state index < -0.39 is 5.97 Å². The van der Waals surface area contributed by atoms with E-state index in [4.69, 9.17) is 4.74 Å². The number of carboxylic acid groups (broad SMARTS) is 1. The van der Waals surface area contributed by atoms with E-state index >= 15 is 0 Å². The van der Waals surface area contributed by atoms with Crippen molar-refractivity contribution in [3.63, 3.8) is 0 Å². The summed E-state index contributed by atoms with van der Waals surface area (Å²) in [6, 6.07) is 14.6. The molecule has 0 amide bonds. The molecule has 0 saturated carbocycles. The van der Waals surface area contributed by atoms with E-state index in [2.05, 4.69) is 0 Å². The molecular formula is C20H19NO4. The number of ether oxygens (including phenoxy) is 1. The van der Waals surface area contributed by atoms with E-state index in [0.717, 1.165) is 16.6 Å². The third kappa shape index (κ3) is 3.26. The van der Waals surface area contributed by atoms with Gasteiger partial charge in [0.05, 0.1) is 20.1 Å². The minimum absolute atomic E-state index is 0.0155. The van der Waals surface area contributed by atoms with Gasteiger partial charge in [-0.15, -0.1) is 0 Å². The van der Waals surface area contributed by atoms with Crippen molar-refractivity contribution in [3.05, 3.63) is 65.4 Å². The van der Waals surface area contributed by atoms with Crippen LogP contribution in [0.1, 0.15) is 21.6 Å². The monoisotopic (exact) mass is 337 g/mol. The highest BCUT2D eigenvalue weighted by atomic mass is 16.5. The lowest BCUT2D eigenvalue weighted by Crippen LogP contribution is -2.12. The Morgan fingerprint density at radius 1 is 1.12 bits per heavy atom. The van der Waals surface area contributed by atoms with Crippen LogP contribution in [0.4, 0.5) is 0 Å². The van der Waals surface area contributed by atoms with Gasteiger partial charge in [0, 0.05) is 22.2 Å². The quantitative estimate of drug-likeness (QED) is 0.699. The lowest BCUT2D eigenvalue weighted by molar-refractivity contribution is -0.136. The van der Waals surface area contributed by atoms with E-state index in [1.54, 1.807) is 19.2 Å². The molecule has 0 unspecified atom stereocenters. The molecule has 25 heavy (non-hydrogen) atoms. The molecule has 2 aromatic carbocycles. The number of nitrogens with zero attached hydrogens (tertiary/aromatic N) is 1. The van der Waals surface area contributed by atoms with Crippen LogP contribution in [-0.4, -0.2) is 28.5 Å². The highest BCUT2D eigenvalue weighted by molar-refractivity contribution is 5.98. The number of benzene rings is 2. The van der Waals surface area contributed by atoms with Gasteiger partial charge in [-0.05, 0) is 30.7 Å². The number of carboxylic acids is 1. The zero-order valence-corrected chi connectivity index (χ0v) is 14.2. The highest BCUT2D eigenvalue weighted by Gasteiger charge is 2.19. The Bertz CT molecular complexity index is 941. The Morgan fingerprint density at radius 2 is 1.84 bits per heavy atom.